The normalized spacial score (nSPS) is 23.7. The van der Waals surface area contributed by atoms with Crippen LogP contribution in [0.15, 0.2) is 15.3 Å². The number of thiophene rings is 1. The van der Waals surface area contributed by atoms with Crippen LogP contribution in [0.25, 0.3) is 11.4 Å². The Morgan fingerprint density at radius 2 is 2.21 bits per heavy atom. The van der Waals surface area contributed by atoms with Crippen LogP contribution in [-0.4, -0.2) is 21.4 Å². The van der Waals surface area contributed by atoms with E-state index in [0.29, 0.717) is 18.1 Å². The lowest BCUT2D eigenvalue weighted by Crippen LogP contribution is -2.26. The number of aliphatic hydroxyl groups is 1. The molecule has 0 aromatic carbocycles. The zero-order chi connectivity index (χ0) is 13.2. The molecular weight excluding hydrogens is 260 g/mol. The van der Waals surface area contributed by atoms with Gasteiger partial charge in [0.1, 0.15) is 0 Å². The van der Waals surface area contributed by atoms with E-state index >= 15 is 0 Å². The summed E-state index contributed by atoms with van der Waals surface area (Å²) in [5.74, 6) is 1.58. The van der Waals surface area contributed by atoms with Crippen molar-refractivity contribution in [1.29, 1.82) is 0 Å². The van der Waals surface area contributed by atoms with E-state index in [9.17, 15) is 5.11 Å². The molecule has 2 atom stereocenters. The molecule has 0 aliphatic heterocycles. The lowest BCUT2D eigenvalue weighted by molar-refractivity contribution is 0.0657. The molecule has 0 amide bonds. The van der Waals surface area contributed by atoms with Crippen molar-refractivity contribution in [2.24, 2.45) is 5.92 Å². The first kappa shape index (κ1) is 12.8. The van der Waals surface area contributed by atoms with Crippen LogP contribution < -0.4 is 0 Å². The van der Waals surface area contributed by atoms with E-state index < -0.39 is 0 Å². The third-order valence-corrected chi connectivity index (χ3v) is 4.73. The van der Waals surface area contributed by atoms with Crippen molar-refractivity contribution < 1.29 is 9.63 Å². The van der Waals surface area contributed by atoms with Gasteiger partial charge in [-0.3, -0.25) is 0 Å². The molecule has 5 heteroatoms. The van der Waals surface area contributed by atoms with E-state index in [0.717, 1.165) is 24.8 Å². The monoisotopic (exact) mass is 278 g/mol. The quantitative estimate of drug-likeness (QED) is 0.936. The molecule has 0 saturated heterocycles. The Hall–Kier alpha value is -1.20. The summed E-state index contributed by atoms with van der Waals surface area (Å²) >= 11 is 1.64. The molecule has 1 N–H and O–H groups in total. The van der Waals surface area contributed by atoms with Crippen molar-refractivity contribution >= 4 is 11.3 Å². The van der Waals surface area contributed by atoms with E-state index in [2.05, 4.69) is 15.5 Å². The number of hydrogen-bond donors (Lipinski definition) is 1. The number of rotatable bonds is 3. The van der Waals surface area contributed by atoms with E-state index in [1.54, 1.807) is 11.3 Å². The highest BCUT2D eigenvalue weighted by molar-refractivity contribution is 7.08. The van der Waals surface area contributed by atoms with Crippen molar-refractivity contribution in [2.45, 2.75) is 45.1 Å². The fourth-order valence-electron chi connectivity index (χ4n) is 2.69. The van der Waals surface area contributed by atoms with Gasteiger partial charge in [0, 0.05) is 17.4 Å². The topological polar surface area (TPSA) is 59.2 Å². The van der Waals surface area contributed by atoms with Gasteiger partial charge in [0.2, 0.25) is 11.7 Å². The third kappa shape index (κ3) is 2.72. The Morgan fingerprint density at radius 3 is 2.95 bits per heavy atom. The molecule has 0 spiro atoms. The van der Waals surface area contributed by atoms with Gasteiger partial charge in [-0.15, -0.1) is 0 Å². The van der Waals surface area contributed by atoms with Crippen molar-refractivity contribution in [3.8, 4) is 11.4 Å². The predicted molar refractivity (Wildman–Crippen MR) is 74.0 cm³/mol. The van der Waals surface area contributed by atoms with Gasteiger partial charge in [-0.2, -0.15) is 16.3 Å². The smallest absolute Gasteiger partial charge is 0.227 e. The lowest BCUT2D eigenvalue weighted by atomic mass is 9.84. The van der Waals surface area contributed by atoms with Gasteiger partial charge in [0.15, 0.2) is 0 Å². The first-order valence-electron chi connectivity index (χ1n) is 6.78. The molecule has 0 bridgehead atoms. The summed E-state index contributed by atoms with van der Waals surface area (Å²) in [5, 5.41) is 18.1. The largest absolute Gasteiger partial charge is 0.393 e. The van der Waals surface area contributed by atoms with Gasteiger partial charge in [-0.25, -0.2) is 0 Å². The molecule has 2 aromatic heterocycles. The summed E-state index contributed by atoms with van der Waals surface area (Å²) in [6.45, 7) is 2.05. The standard InChI is InChI=1S/C14H18N2O2S/c1-9-7-19-8-11(9)14-15-13(18-16-14)6-10-4-2-3-5-12(10)17/h7-8,10,12,17H,2-6H2,1H3. The van der Waals surface area contributed by atoms with E-state index in [-0.39, 0.29) is 12.0 Å². The average Bonchev–Trinajstić information content (AvgIpc) is 3.01. The van der Waals surface area contributed by atoms with Crippen LogP contribution in [0, 0.1) is 12.8 Å². The number of nitrogens with zero attached hydrogens (tertiary/aromatic N) is 2. The second-order valence-corrected chi connectivity index (χ2v) is 6.04. The van der Waals surface area contributed by atoms with Crippen LogP contribution in [0.3, 0.4) is 0 Å². The molecule has 2 heterocycles. The molecule has 19 heavy (non-hydrogen) atoms. The summed E-state index contributed by atoms with van der Waals surface area (Å²) in [6, 6.07) is 0. The summed E-state index contributed by atoms with van der Waals surface area (Å²) in [6.07, 6.45) is 4.74. The van der Waals surface area contributed by atoms with Gasteiger partial charge >= 0.3 is 0 Å². The Balaban J connectivity index is 1.73. The molecule has 1 aliphatic carbocycles. The Labute approximate surface area is 116 Å². The second kappa shape index (κ2) is 5.43. The first-order valence-corrected chi connectivity index (χ1v) is 7.72. The van der Waals surface area contributed by atoms with Crippen molar-refractivity contribution in [3.63, 3.8) is 0 Å². The van der Waals surface area contributed by atoms with Crippen LogP contribution in [0.1, 0.15) is 37.1 Å². The highest BCUT2D eigenvalue weighted by Crippen LogP contribution is 2.28. The summed E-state index contributed by atoms with van der Waals surface area (Å²) in [7, 11) is 0. The van der Waals surface area contributed by atoms with Crippen LogP contribution in [0.2, 0.25) is 0 Å². The Kier molecular flexibility index (Phi) is 3.66. The molecule has 3 rings (SSSR count). The zero-order valence-corrected chi connectivity index (χ0v) is 11.8. The maximum atomic E-state index is 9.98. The lowest BCUT2D eigenvalue weighted by Gasteiger charge is -2.26. The molecule has 2 unspecified atom stereocenters. The molecule has 0 radical (unpaired) electrons. The van der Waals surface area contributed by atoms with Gasteiger partial charge in [-0.05, 0) is 36.6 Å². The van der Waals surface area contributed by atoms with Crippen molar-refractivity contribution in [2.75, 3.05) is 0 Å². The number of aryl methyl sites for hydroxylation is 1. The Morgan fingerprint density at radius 1 is 1.37 bits per heavy atom. The molecule has 1 saturated carbocycles. The maximum absolute atomic E-state index is 9.98. The predicted octanol–water partition coefficient (Wildman–Crippen LogP) is 3.20. The molecule has 102 valence electrons. The second-order valence-electron chi connectivity index (χ2n) is 5.30. The van der Waals surface area contributed by atoms with Crippen molar-refractivity contribution in [3.05, 3.63) is 22.2 Å². The number of aromatic nitrogens is 2. The molecule has 1 aliphatic rings. The fourth-order valence-corrected chi connectivity index (χ4v) is 3.51. The molecular formula is C14H18N2O2S. The van der Waals surface area contributed by atoms with Crippen LogP contribution in [-0.2, 0) is 6.42 Å². The SMILES string of the molecule is Cc1cscc1-c1noc(CC2CCCCC2O)n1. The fraction of sp³-hybridized carbons (Fsp3) is 0.571. The first-order chi connectivity index (χ1) is 9.24. The Bertz CT molecular complexity index is 549. The summed E-state index contributed by atoms with van der Waals surface area (Å²) in [5.41, 5.74) is 2.22. The van der Waals surface area contributed by atoms with E-state index in [1.807, 2.05) is 12.3 Å². The number of hydrogen-bond acceptors (Lipinski definition) is 5. The summed E-state index contributed by atoms with van der Waals surface area (Å²) in [4.78, 5) is 4.46. The highest BCUT2D eigenvalue weighted by atomic mass is 32.1. The number of aliphatic hydroxyl groups excluding tert-OH is 1. The van der Waals surface area contributed by atoms with Gasteiger partial charge in [-0.1, -0.05) is 18.0 Å². The van der Waals surface area contributed by atoms with Gasteiger partial charge in [0.05, 0.1) is 6.10 Å². The third-order valence-electron chi connectivity index (χ3n) is 3.87. The van der Waals surface area contributed by atoms with Crippen molar-refractivity contribution in [1.82, 2.24) is 10.1 Å². The highest BCUT2D eigenvalue weighted by Gasteiger charge is 2.25. The van der Waals surface area contributed by atoms with Crippen LogP contribution in [0.5, 0.6) is 0 Å². The molecule has 1 fully saturated rings. The molecule has 2 aromatic rings. The zero-order valence-electron chi connectivity index (χ0n) is 11.0. The van der Waals surface area contributed by atoms with E-state index in [4.69, 9.17) is 4.52 Å². The van der Waals surface area contributed by atoms with Crippen LogP contribution >= 0.6 is 11.3 Å². The van der Waals surface area contributed by atoms with Gasteiger partial charge in [0.25, 0.3) is 0 Å². The van der Waals surface area contributed by atoms with Gasteiger partial charge < -0.3 is 9.63 Å². The summed E-state index contributed by atoms with van der Waals surface area (Å²) < 4.78 is 5.33. The van der Waals surface area contributed by atoms with Crippen LogP contribution in [0.4, 0.5) is 0 Å². The minimum atomic E-state index is -0.216. The van der Waals surface area contributed by atoms with E-state index in [1.165, 1.54) is 12.0 Å². The average molecular weight is 278 g/mol. The minimum Gasteiger partial charge on any atom is -0.393 e. The minimum absolute atomic E-state index is 0.216. The molecule has 4 nitrogen and oxygen atoms in total. The maximum Gasteiger partial charge on any atom is 0.227 e.